The van der Waals surface area contributed by atoms with Crippen molar-refractivity contribution in [3.63, 3.8) is 0 Å². The molecule has 0 spiro atoms. The van der Waals surface area contributed by atoms with E-state index < -0.39 is 0 Å². The Morgan fingerprint density at radius 3 is 2.58 bits per heavy atom. The van der Waals surface area contributed by atoms with Gasteiger partial charge in [-0.25, -0.2) is 0 Å². The van der Waals surface area contributed by atoms with Gasteiger partial charge in [0.2, 0.25) is 0 Å². The van der Waals surface area contributed by atoms with E-state index in [1.54, 1.807) is 13.2 Å². The Labute approximate surface area is 74.3 Å². The zero-order valence-electron chi connectivity index (χ0n) is 8.13. The molecule has 0 aliphatic carbocycles. The van der Waals surface area contributed by atoms with E-state index in [0.29, 0.717) is 6.61 Å². The van der Waals surface area contributed by atoms with E-state index >= 15 is 0 Å². The summed E-state index contributed by atoms with van der Waals surface area (Å²) in [6, 6.07) is 0. The smallest absolute Gasteiger partial charge is 0.0886 e. The third-order valence-corrected chi connectivity index (χ3v) is 1.60. The summed E-state index contributed by atoms with van der Waals surface area (Å²) in [5, 5.41) is 0. The monoisotopic (exact) mass is 170 g/mol. The van der Waals surface area contributed by atoms with Crippen molar-refractivity contribution in [1.82, 2.24) is 0 Å². The van der Waals surface area contributed by atoms with E-state index in [9.17, 15) is 0 Å². The fourth-order valence-electron chi connectivity index (χ4n) is 0.976. The van der Waals surface area contributed by atoms with Crippen molar-refractivity contribution in [1.29, 1.82) is 0 Å². The van der Waals surface area contributed by atoms with Crippen LogP contribution in [0.3, 0.4) is 0 Å². The van der Waals surface area contributed by atoms with Crippen molar-refractivity contribution < 1.29 is 4.74 Å². The molecular weight excluding hydrogens is 152 g/mol. The van der Waals surface area contributed by atoms with Crippen LogP contribution < -0.4 is 5.73 Å². The molecule has 0 aromatic heterocycles. The molecule has 3 nitrogen and oxygen atoms in total. The highest BCUT2D eigenvalue weighted by molar-refractivity contribution is 6.01. The normalized spacial score (nSPS) is 23.6. The summed E-state index contributed by atoms with van der Waals surface area (Å²) < 4.78 is 5.18. The maximum Gasteiger partial charge on any atom is 0.0886 e. The van der Waals surface area contributed by atoms with Crippen molar-refractivity contribution in [2.24, 2.45) is 10.7 Å². The van der Waals surface area contributed by atoms with Crippen LogP contribution in [0.15, 0.2) is 16.8 Å². The minimum absolute atomic E-state index is 0.611. The molecule has 0 aromatic carbocycles. The van der Waals surface area contributed by atoms with Gasteiger partial charge in [0.25, 0.3) is 0 Å². The number of nitrogens with two attached hydrogens (primary N) is 1. The molecule has 0 unspecified atom stereocenters. The van der Waals surface area contributed by atoms with Gasteiger partial charge in [-0.1, -0.05) is 13.8 Å². The van der Waals surface area contributed by atoms with Gasteiger partial charge < -0.3 is 10.5 Å². The van der Waals surface area contributed by atoms with E-state index in [1.807, 2.05) is 13.8 Å². The average molecular weight is 170 g/mol. The van der Waals surface area contributed by atoms with Gasteiger partial charge in [-0.15, -0.1) is 0 Å². The predicted octanol–water partition coefficient (Wildman–Crippen LogP) is 1.35. The van der Waals surface area contributed by atoms with Crippen molar-refractivity contribution >= 4 is 5.71 Å². The second kappa shape index (κ2) is 6.85. The highest BCUT2D eigenvalue weighted by Gasteiger charge is 2.11. The zero-order valence-corrected chi connectivity index (χ0v) is 8.13. The summed E-state index contributed by atoms with van der Waals surface area (Å²) in [6.07, 6.45) is 2.51. The Kier molecular flexibility index (Phi) is 6.38. The molecule has 0 radical (unpaired) electrons. The van der Waals surface area contributed by atoms with Crippen LogP contribution in [0.2, 0.25) is 0 Å². The first-order valence-corrected chi connectivity index (χ1v) is 4.33. The van der Waals surface area contributed by atoms with Crippen molar-refractivity contribution in [2.45, 2.75) is 20.3 Å². The van der Waals surface area contributed by atoms with Crippen molar-refractivity contribution in [3.05, 3.63) is 11.8 Å². The number of aliphatic imine (C=N–C) groups is 1. The van der Waals surface area contributed by atoms with Crippen LogP contribution in [0.1, 0.15) is 20.3 Å². The molecule has 1 fully saturated rings. The van der Waals surface area contributed by atoms with Gasteiger partial charge in [0, 0.05) is 7.05 Å². The van der Waals surface area contributed by atoms with Crippen LogP contribution in [-0.2, 0) is 4.74 Å². The molecule has 0 aromatic rings. The van der Waals surface area contributed by atoms with Gasteiger partial charge in [0.1, 0.15) is 0 Å². The Morgan fingerprint density at radius 2 is 2.17 bits per heavy atom. The second-order valence-corrected chi connectivity index (χ2v) is 2.16. The van der Waals surface area contributed by atoms with Crippen LogP contribution in [0.25, 0.3) is 0 Å². The molecule has 0 atom stereocenters. The van der Waals surface area contributed by atoms with E-state index in [1.165, 1.54) is 0 Å². The molecule has 1 rings (SSSR count). The molecule has 1 heterocycles. The molecule has 2 N–H and O–H groups in total. The maximum absolute atomic E-state index is 5.37. The van der Waals surface area contributed by atoms with E-state index in [2.05, 4.69) is 4.99 Å². The minimum Gasteiger partial charge on any atom is -0.404 e. The summed E-state index contributed by atoms with van der Waals surface area (Å²) in [7, 11) is 1.76. The molecule has 3 heteroatoms. The molecule has 1 saturated heterocycles. The highest BCUT2D eigenvalue weighted by atomic mass is 16.5. The molecule has 0 saturated carbocycles. The molecule has 1 aliphatic rings. The summed E-state index contributed by atoms with van der Waals surface area (Å²) in [6.45, 7) is 5.38. The van der Waals surface area contributed by atoms with Gasteiger partial charge >= 0.3 is 0 Å². The molecule has 70 valence electrons. The minimum atomic E-state index is 0.611. The van der Waals surface area contributed by atoms with E-state index in [0.717, 1.165) is 24.3 Å². The van der Waals surface area contributed by atoms with Crippen LogP contribution in [0.5, 0.6) is 0 Å². The lowest BCUT2D eigenvalue weighted by molar-refractivity contribution is 0.166. The summed E-state index contributed by atoms with van der Waals surface area (Å²) in [4.78, 5) is 4.04. The van der Waals surface area contributed by atoms with E-state index in [4.69, 9.17) is 10.5 Å². The molecule has 0 bridgehead atoms. The standard InChI is InChI=1S/C7H12N2O.C2H6/c1-9-7-5-10-3-2-6(7)4-8;1-2/h4H,2-3,5,8H2,1H3;1-2H3/b6-4-,9-7?;. The quantitative estimate of drug-likeness (QED) is 0.596. The fourth-order valence-corrected chi connectivity index (χ4v) is 0.976. The van der Waals surface area contributed by atoms with Crippen LogP contribution >= 0.6 is 0 Å². The number of hydrogen-bond acceptors (Lipinski definition) is 3. The molecule has 1 aliphatic heterocycles. The van der Waals surface area contributed by atoms with Crippen molar-refractivity contribution in [2.75, 3.05) is 20.3 Å². The fraction of sp³-hybridized carbons (Fsp3) is 0.667. The lowest BCUT2D eigenvalue weighted by Crippen LogP contribution is -2.20. The first kappa shape index (κ1) is 11.2. The summed E-state index contributed by atoms with van der Waals surface area (Å²) in [5.74, 6) is 0. The number of ether oxygens (including phenoxy) is 1. The molecule has 0 amide bonds. The van der Waals surface area contributed by atoms with Gasteiger partial charge in [-0.05, 0) is 18.2 Å². The van der Waals surface area contributed by atoms with E-state index in [-0.39, 0.29) is 0 Å². The first-order valence-electron chi connectivity index (χ1n) is 4.33. The predicted molar refractivity (Wildman–Crippen MR) is 52.4 cm³/mol. The number of hydrogen-bond donors (Lipinski definition) is 1. The largest absolute Gasteiger partial charge is 0.404 e. The summed E-state index contributed by atoms with van der Waals surface area (Å²) in [5.41, 5.74) is 7.47. The zero-order chi connectivity index (χ0) is 9.40. The van der Waals surface area contributed by atoms with Crippen LogP contribution in [0, 0.1) is 0 Å². The molecule has 12 heavy (non-hydrogen) atoms. The number of nitrogens with zero attached hydrogens (tertiary/aromatic N) is 1. The van der Waals surface area contributed by atoms with Crippen LogP contribution in [-0.4, -0.2) is 26.0 Å². The lowest BCUT2D eigenvalue weighted by Gasteiger charge is -2.15. The van der Waals surface area contributed by atoms with Gasteiger partial charge in [-0.2, -0.15) is 0 Å². The second-order valence-electron chi connectivity index (χ2n) is 2.16. The number of rotatable bonds is 0. The first-order chi connectivity index (χ1) is 5.88. The van der Waals surface area contributed by atoms with Gasteiger partial charge in [-0.3, -0.25) is 4.99 Å². The van der Waals surface area contributed by atoms with Crippen molar-refractivity contribution in [3.8, 4) is 0 Å². The maximum atomic E-state index is 5.37. The van der Waals surface area contributed by atoms with Gasteiger partial charge in [0.15, 0.2) is 0 Å². The average Bonchev–Trinajstić information content (AvgIpc) is 2.20. The third kappa shape index (κ3) is 3.05. The van der Waals surface area contributed by atoms with Gasteiger partial charge in [0.05, 0.1) is 18.9 Å². The lowest BCUT2D eigenvalue weighted by atomic mass is 10.1. The Balaban J connectivity index is 0.000000561. The summed E-state index contributed by atoms with van der Waals surface area (Å²) >= 11 is 0. The Hall–Kier alpha value is -0.830. The van der Waals surface area contributed by atoms with Crippen LogP contribution in [0.4, 0.5) is 0 Å². The SMILES string of the molecule is CC.CN=C1COCC/C1=C/N. The highest BCUT2D eigenvalue weighted by Crippen LogP contribution is 2.09. The Morgan fingerprint density at radius 1 is 1.50 bits per heavy atom. The topological polar surface area (TPSA) is 47.6 Å². The Bertz CT molecular complexity index is 153. The molecular formula is C9H18N2O. The third-order valence-electron chi connectivity index (χ3n) is 1.60.